The van der Waals surface area contributed by atoms with Crippen LogP contribution in [0.3, 0.4) is 0 Å². The minimum atomic E-state index is -0.869. The van der Waals surface area contributed by atoms with Crippen molar-refractivity contribution >= 4 is 20.0 Å². The van der Waals surface area contributed by atoms with Gasteiger partial charge in [-0.3, -0.25) is 14.2 Å². The van der Waals surface area contributed by atoms with Crippen LogP contribution in [-0.4, -0.2) is 17.7 Å². The van der Waals surface area contributed by atoms with Crippen molar-refractivity contribution in [1.82, 2.24) is 0 Å². The Bertz CT molecular complexity index is 527. The molecular weight excluding hydrogens is 271 g/mol. The van der Waals surface area contributed by atoms with Crippen LogP contribution >= 0.6 is 8.46 Å². The van der Waals surface area contributed by atoms with Gasteiger partial charge in [0.15, 0.2) is 20.0 Å². The maximum Gasteiger partial charge on any atom is 0.169 e. The summed E-state index contributed by atoms with van der Waals surface area (Å²) in [6.07, 6.45) is -0.0579. The van der Waals surface area contributed by atoms with Crippen molar-refractivity contribution in [3.05, 3.63) is 35.4 Å². The van der Waals surface area contributed by atoms with E-state index in [1.54, 1.807) is 39.8 Å². The maximum atomic E-state index is 12.7. The van der Waals surface area contributed by atoms with Crippen molar-refractivity contribution in [2.24, 2.45) is 10.8 Å². The largest absolute Gasteiger partial charge is 0.298 e. The van der Waals surface area contributed by atoms with Crippen LogP contribution in [-0.2, 0) is 9.36 Å². The van der Waals surface area contributed by atoms with Gasteiger partial charge >= 0.3 is 0 Å². The zero-order chi connectivity index (χ0) is 15.6. The number of Topliss-reactive ketones (excluding diaryl/α,β-unsaturated/α-hetero) is 2. The van der Waals surface area contributed by atoms with Gasteiger partial charge in [-0.1, -0.05) is 57.5 Å². The molecule has 0 aliphatic rings. The molecule has 0 atom stereocenters. The first kappa shape index (κ1) is 16.7. The van der Waals surface area contributed by atoms with E-state index in [1.165, 1.54) is 0 Å². The van der Waals surface area contributed by atoms with E-state index in [4.69, 9.17) is 0 Å². The van der Waals surface area contributed by atoms with Crippen LogP contribution in [0.15, 0.2) is 24.3 Å². The Labute approximate surface area is 122 Å². The predicted molar refractivity (Wildman–Crippen MR) is 80.6 cm³/mol. The Morgan fingerprint density at radius 3 is 1.95 bits per heavy atom. The highest BCUT2D eigenvalue weighted by molar-refractivity contribution is 7.25. The molecule has 0 aliphatic heterocycles. The summed E-state index contributed by atoms with van der Waals surface area (Å²) in [5, 5.41) is 0. The van der Waals surface area contributed by atoms with E-state index in [0.29, 0.717) is 5.56 Å². The Morgan fingerprint density at radius 1 is 1.00 bits per heavy atom. The molecule has 0 radical (unpaired) electrons. The summed E-state index contributed by atoms with van der Waals surface area (Å²) >= 11 is 0. The highest BCUT2D eigenvalue weighted by atomic mass is 31.1. The van der Waals surface area contributed by atoms with Gasteiger partial charge in [0, 0.05) is 16.4 Å². The molecule has 0 heterocycles. The molecule has 0 N–H and O–H groups in total. The molecule has 0 unspecified atom stereocenters. The fourth-order valence-electron chi connectivity index (χ4n) is 1.95. The number of hydrogen-bond donors (Lipinski definition) is 0. The van der Waals surface area contributed by atoms with Crippen LogP contribution in [0.1, 0.15) is 43.6 Å². The van der Waals surface area contributed by atoms with Gasteiger partial charge < -0.3 is 0 Å². The maximum absolute atomic E-state index is 12.7. The van der Waals surface area contributed by atoms with E-state index in [1.807, 2.05) is 19.1 Å². The summed E-state index contributed by atoms with van der Waals surface area (Å²) < 4.78 is 10.7. The number of aryl methyl sites for hydroxylation is 1. The fourth-order valence-corrected chi connectivity index (χ4v) is 2.47. The number of ketones is 2. The van der Waals surface area contributed by atoms with E-state index >= 15 is 0 Å². The molecule has 0 bridgehead atoms. The second kappa shape index (κ2) is 5.97. The lowest BCUT2D eigenvalue weighted by atomic mass is 9.62. The van der Waals surface area contributed by atoms with Crippen LogP contribution in [0.5, 0.6) is 0 Å². The molecule has 0 fully saturated rings. The quantitative estimate of drug-likeness (QED) is 0.586. The molecule has 0 spiro atoms. The molecule has 0 saturated carbocycles. The number of benzene rings is 1. The third-order valence-electron chi connectivity index (χ3n) is 4.35. The lowest BCUT2D eigenvalue weighted by Crippen LogP contribution is -2.45. The van der Waals surface area contributed by atoms with Crippen LogP contribution in [0.2, 0.25) is 0 Å². The average Bonchev–Trinajstić information content (AvgIpc) is 2.38. The monoisotopic (exact) mass is 292 g/mol. The first-order valence-corrected chi connectivity index (χ1v) is 7.58. The van der Waals surface area contributed by atoms with Gasteiger partial charge in [0.1, 0.15) is 0 Å². The lowest BCUT2D eigenvalue weighted by Gasteiger charge is -2.38. The summed E-state index contributed by atoms with van der Waals surface area (Å²) in [6.45, 7) is 8.99. The van der Waals surface area contributed by atoms with Gasteiger partial charge in [-0.2, -0.15) is 0 Å². The Hall–Kier alpha value is -1.34. The second-order valence-electron chi connectivity index (χ2n) is 6.16. The van der Waals surface area contributed by atoms with E-state index in [9.17, 15) is 14.2 Å². The van der Waals surface area contributed by atoms with Gasteiger partial charge in [-0.25, -0.2) is 0 Å². The average molecular weight is 292 g/mol. The Balaban J connectivity index is 3.14. The molecule has 1 rings (SSSR count). The van der Waals surface area contributed by atoms with Gasteiger partial charge in [0.05, 0.1) is 6.16 Å². The summed E-state index contributed by atoms with van der Waals surface area (Å²) in [5.41, 5.74) is -0.0443. The summed E-state index contributed by atoms with van der Waals surface area (Å²) in [5.74, 6) is -0.238. The van der Waals surface area contributed by atoms with E-state index < -0.39 is 10.8 Å². The molecule has 3 nitrogen and oxygen atoms in total. The molecule has 0 saturated heterocycles. The number of carbonyl (C=O) groups excluding carboxylic acids is 2. The molecule has 0 amide bonds. The van der Waals surface area contributed by atoms with Gasteiger partial charge in [0.2, 0.25) is 0 Å². The predicted octanol–water partition coefficient (Wildman–Crippen LogP) is 4.09. The normalized spacial score (nSPS) is 12.4. The standard InChI is InChI=1S/C16H21O3P/c1-11-6-8-12(9-7-11)14(18)16(4,5)15(2,3)13(17)10-20-19/h6-9H,10H2,1-5H3. The van der Waals surface area contributed by atoms with Crippen molar-refractivity contribution in [3.63, 3.8) is 0 Å². The van der Waals surface area contributed by atoms with Crippen LogP contribution in [0, 0.1) is 17.8 Å². The molecule has 0 aromatic heterocycles. The summed E-state index contributed by atoms with van der Waals surface area (Å²) in [6, 6.07) is 7.33. The second-order valence-corrected chi connectivity index (χ2v) is 6.73. The number of carbonyl (C=O) groups is 2. The smallest absolute Gasteiger partial charge is 0.169 e. The molecular formula is C16H21O3P. The van der Waals surface area contributed by atoms with Crippen LogP contribution < -0.4 is 0 Å². The molecule has 1 aromatic carbocycles. The van der Waals surface area contributed by atoms with E-state index in [0.717, 1.165) is 5.56 Å². The van der Waals surface area contributed by atoms with E-state index in [-0.39, 0.29) is 26.2 Å². The zero-order valence-electron chi connectivity index (χ0n) is 12.7. The van der Waals surface area contributed by atoms with Crippen LogP contribution in [0.25, 0.3) is 0 Å². The third kappa shape index (κ3) is 3.04. The van der Waals surface area contributed by atoms with E-state index in [2.05, 4.69) is 0 Å². The Morgan fingerprint density at radius 2 is 1.50 bits per heavy atom. The number of rotatable bonds is 6. The molecule has 1 aromatic rings. The van der Waals surface area contributed by atoms with Gasteiger partial charge in [-0.15, -0.1) is 0 Å². The SMILES string of the molecule is Cc1ccc(C(=O)C(C)(C)C(C)(C)C(=O)CP=O)cc1. The minimum absolute atomic E-state index is 0.0579. The van der Waals surface area contributed by atoms with Gasteiger partial charge in [0.25, 0.3) is 0 Å². The minimum Gasteiger partial charge on any atom is -0.298 e. The van der Waals surface area contributed by atoms with Crippen molar-refractivity contribution < 1.29 is 14.2 Å². The highest BCUT2D eigenvalue weighted by Gasteiger charge is 2.47. The zero-order valence-corrected chi connectivity index (χ0v) is 13.6. The van der Waals surface area contributed by atoms with Crippen molar-refractivity contribution in [2.45, 2.75) is 34.6 Å². The first-order valence-electron chi connectivity index (χ1n) is 6.58. The highest BCUT2D eigenvalue weighted by Crippen LogP contribution is 2.42. The van der Waals surface area contributed by atoms with Crippen molar-refractivity contribution in [1.29, 1.82) is 0 Å². The fraction of sp³-hybridized carbons (Fsp3) is 0.500. The summed E-state index contributed by atoms with van der Waals surface area (Å²) in [7, 11) is -0.205. The third-order valence-corrected chi connectivity index (χ3v) is 4.77. The van der Waals surface area contributed by atoms with Crippen LogP contribution in [0.4, 0.5) is 0 Å². The first-order chi connectivity index (χ1) is 9.14. The molecule has 20 heavy (non-hydrogen) atoms. The lowest BCUT2D eigenvalue weighted by molar-refractivity contribution is -0.128. The van der Waals surface area contributed by atoms with Crippen molar-refractivity contribution in [3.8, 4) is 0 Å². The number of hydrogen-bond acceptors (Lipinski definition) is 3. The molecule has 4 heteroatoms. The molecule has 0 aliphatic carbocycles. The Kier molecular flexibility index (Phi) is 4.99. The molecule has 108 valence electrons. The summed E-state index contributed by atoms with van der Waals surface area (Å²) in [4.78, 5) is 24.8. The topological polar surface area (TPSA) is 51.2 Å². The van der Waals surface area contributed by atoms with Gasteiger partial charge in [-0.05, 0) is 6.92 Å². The van der Waals surface area contributed by atoms with Crippen molar-refractivity contribution in [2.75, 3.05) is 6.16 Å².